The Labute approximate surface area is 188 Å². The summed E-state index contributed by atoms with van der Waals surface area (Å²) in [4.78, 5) is 16.5. The molecule has 0 amide bonds. The van der Waals surface area contributed by atoms with E-state index < -0.39 is 11.7 Å². The number of nitrogens with one attached hydrogen (secondary N) is 1. The van der Waals surface area contributed by atoms with E-state index in [0.29, 0.717) is 33.5 Å². The fourth-order valence-electron chi connectivity index (χ4n) is 3.53. The molecule has 0 bridgehead atoms. The molecule has 166 valence electrons. The first-order valence-electron chi connectivity index (χ1n) is 10.1. The summed E-state index contributed by atoms with van der Waals surface area (Å²) in [7, 11) is 0. The van der Waals surface area contributed by atoms with E-state index in [1.807, 2.05) is 30.3 Å². The van der Waals surface area contributed by atoms with Crippen LogP contribution in [0.4, 0.5) is 30.2 Å². The Balaban J connectivity index is 2.01. The number of aromatic nitrogens is 1. The molecule has 0 saturated carbocycles. The lowest BCUT2D eigenvalue weighted by atomic mass is 9.99. The van der Waals surface area contributed by atoms with Gasteiger partial charge in [0.1, 0.15) is 0 Å². The molecule has 7 heteroatoms. The number of halogens is 3. The molecule has 0 radical (unpaired) electrons. The van der Waals surface area contributed by atoms with E-state index in [9.17, 15) is 18.0 Å². The summed E-state index contributed by atoms with van der Waals surface area (Å²) >= 11 is 0. The first-order chi connectivity index (χ1) is 15.7. The second-order valence-corrected chi connectivity index (χ2v) is 7.54. The van der Waals surface area contributed by atoms with Crippen LogP contribution < -0.4 is 11.1 Å². The van der Waals surface area contributed by atoms with Gasteiger partial charge in [0, 0.05) is 27.9 Å². The van der Waals surface area contributed by atoms with Crippen LogP contribution in [0, 0.1) is 0 Å². The Morgan fingerprint density at radius 1 is 1.00 bits per heavy atom. The van der Waals surface area contributed by atoms with Gasteiger partial charge in [-0.15, -0.1) is 0 Å². The van der Waals surface area contributed by atoms with Crippen LogP contribution in [-0.2, 0) is 11.0 Å². The predicted molar refractivity (Wildman–Crippen MR) is 126 cm³/mol. The summed E-state index contributed by atoms with van der Waals surface area (Å²) in [5, 5.41) is 3.75. The first-order valence-corrected chi connectivity index (χ1v) is 10.1. The molecule has 3 N–H and O–H groups in total. The highest BCUT2D eigenvalue weighted by Gasteiger charge is 2.30. The van der Waals surface area contributed by atoms with Gasteiger partial charge in [-0.05, 0) is 55.5 Å². The highest BCUT2D eigenvalue weighted by molar-refractivity contribution is 6.04. The monoisotopic (exact) mass is 447 g/mol. The number of rotatable bonds is 5. The molecule has 1 aromatic heterocycles. The molecule has 0 saturated heterocycles. The molecule has 4 nitrogen and oxygen atoms in total. The van der Waals surface area contributed by atoms with Gasteiger partial charge in [0.25, 0.3) is 0 Å². The summed E-state index contributed by atoms with van der Waals surface area (Å²) in [6.07, 6.45) is -1.45. The van der Waals surface area contributed by atoms with Crippen molar-refractivity contribution in [2.45, 2.75) is 13.1 Å². The van der Waals surface area contributed by atoms with Crippen LogP contribution in [0.2, 0.25) is 0 Å². The molecular weight excluding hydrogens is 427 g/mol. The van der Waals surface area contributed by atoms with E-state index in [1.54, 1.807) is 30.3 Å². The number of hydrogen-bond donors (Lipinski definition) is 2. The molecule has 0 unspecified atom stereocenters. The maximum atomic E-state index is 13.3. The van der Waals surface area contributed by atoms with Crippen molar-refractivity contribution in [3.05, 3.63) is 90.0 Å². The zero-order valence-corrected chi connectivity index (χ0v) is 17.6. The number of fused-ring (bicyclic) bond motifs is 1. The van der Waals surface area contributed by atoms with Crippen molar-refractivity contribution in [2.75, 3.05) is 11.1 Å². The van der Waals surface area contributed by atoms with E-state index in [-0.39, 0.29) is 11.5 Å². The van der Waals surface area contributed by atoms with Crippen LogP contribution in [0.3, 0.4) is 0 Å². The predicted octanol–water partition coefficient (Wildman–Crippen LogP) is 6.85. The summed E-state index contributed by atoms with van der Waals surface area (Å²) in [6.45, 7) is 1.42. The zero-order valence-electron chi connectivity index (χ0n) is 17.6. The third kappa shape index (κ3) is 4.87. The number of alkyl halides is 3. The number of carbonyl (C=O) groups is 1. The number of ketones is 1. The summed E-state index contributed by atoms with van der Waals surface area (Å²) in [5.41, 5.74) is 9.02. The zero-order chi connectivity index (χ0) is 23.6. The van der Waals surface area contributed by atoms with Crippen molar-refractivity contribution < 1.29 is 18.0 Å². The van der Waals surface area contributed by atoms with Crippen molar-refractivity contribution in [2.24, 2.45) is 0 Å². The number of pyridine rings is 1. The molecule has 0 spiro atoms. The van der Waals surface area contributed by atoms with E-state index in [1.165, 1.54) is 19.1 Å². The van der Waals surface area contributed by atoms with E-state index >= 15 is 0 Å². The first kappa shape index (κ1) is 22.1. The van der Waals surface area contributed by atoms with Gasteiger partial charge in [0.05, 0.1) is 22.5 Å². The molecule has 0 aliphatic heterocycles. The van der Waals surface area contributed by atoms with Gasteiger partial charge in [0.2, 0.25) is 0 Å². The number of hydrogen-bond acceptors (Lipinski definition) is 4. The SMILES string of the molecule is CC(=O)/C=C/c1c(-c2ccccc2)nc2ccc(N)cc2c1Nc1cccc(C(F)(F)F)c1. The van der Waals surface area contributed by atoms with Crippen molar-refractivity contribution in [3.63, 3.8) is 0 Å². The van der Waals surface area contributed by atoms with Gasteiger partial charge in [-0.3, -0.25) is 4.79 Å². The van der Waals surface area contributed by atoms with Crippen LogP contribution in [-0.4, -0.2) is 10.8 Å². The molecule has 3 aromatic carbocycles. The van der Waals surface area contributed by atoms with Crippen LogP contribution in [0.15, 0.2) is 78.9 Å². The second kappa shape index (κ2) is 8.78. The number of carbonyl (C=O) groups excluding carboxylic acids is 1. The van der Waals surface area contributed by atoms with Crippen LogP contribution in [0.5, 0.6) is 0 Å². The Kier molecular flexibility index (Phi) is 5.87. The fraction of sp³-hybridized carbons (Fsp3) is 0.0769. The van der Waals surface area contributed by atoms with Gasteiger partial charge < -0.3 is 11.1 Å². The van der Waals surface area contributed by atoms with Crippen molar-refractivity contribution >= 4 is 39.8 Å². The van der Waals surface area contributed by atoms with Gasteiger partial charge >= 0.3 is 6.18 Å². The normalized spacial score (nSPS) is 11.8. The Morgan fingerprint density at radius 2 is 1.76 bits per heavy atom. The summed E-state index contributed by atoms with van der Waals surface area (Å²) in [5.74, 6) is -0.174. The molecule has 0 aliphatic rings. The molecule has 0 aliphatic carbocycles. The molecule has 0 atom stereocenters. The summed E-state index contributed by atoms with van der Waals surface area (Å²) < 4.78 is 39.9. The minimum Gasteiger partial charge on any atom is -0.399 e. The maximum absolute atomic E-state index is 13.3. The quantitative estimate of drug-likeness (QED) is 0.259. The largest absolute Gasteiger partial charge is 0.416 e. The molecule has 4 rings (SSSR count). The Morgan fingerprint density at radius 3 is 2.45 bits per heavy atom. The topological polar surface area (TPSA) is 68.0 Å². The third-order valence-electron chi connectivity index (χ3n) is 5.04. The Bertz CT molecular complexity index is 1360. The molecular formula is C26H20F3N3O. The molecule has 0 fully saturated rings. The lowest BCUT2D eigenvalue weighted by molar-refractivity contribution is -0.137. The van der Waals surface area contributed by atoms with Crippen molar-refractivity contribution in [1.29, 1.82) is 0 Å². The van der Waals surface area contributed by atoms with Crippen molar-refractivity contribution in [1.82, 2.24) is 4.98 Å². The van der Waals surface area contributed by atoms with Gasteiger partial charge in [-0.2, -0.15) is 13.2 Å². The minimum absolute atomic E-state index is 0.174. The lowest BCUT2D eigenvalue weighted by Crippen LogP contribution is -2.06. The fourth-order valence-corrected chi connectivity index (χ4v) is 3.53. The van der Waals surface area contributed by atoms with Crippen LogP contribution >= 0.6 is 0 Å². The maximum Gasteiger partial charge on any atom is 0.416 e. The van der Waals surface area contributed by atoms with E-state index in [0.717, 1.165) is 17.7 Å². The molecule has 1 heterocycles. The summed E-state index contributed by atoms with van der Waals surface area (Å²) in [6, 6.07) is 19.5. The highest BCUT2D eigenvalue weighted by atomic mass is 19.4. The smallest absolute Gasteiger partial charge is 0.399 e. The molecule has 33 heavy (non-hydrogen) atoms. The number of anilines is 3. The number of benzene rings is 3. The number of nitrogens with two attached hydrogens (primary N) is 1. The van der Waals surface area contributed by atoms with Crippen LogP contribution in [0.25, 0.3) is 28.2 Å². The van der Waals surface area contributed by atoms with Gasteiger partial charge in [-0.1, -0.05) is 36.4 Å². The van der Waals surface area contributed by atoms with E-state index in [2.05, 4.69) is 5.32 Å². The minimum atomic E-state index is -4.48. The van der Waals surface area contributed by atoms with Crippen molar-refractivity contribution in [3.8, 4) is 11.3 Å². The van der Waals surface area contributed by atoms with E-state index in [4.69, 9.17) is 10.7 Å². The standard InChI is InChI=1S/C26H20F3N3O/c1-16(33)10-12-21-24(17-6-3-2-4-7-17)32-23-13-11-19(30)15-22(23)25(21)31-20-9-5-8-18(14-20)26(27,28)29/h2-15H,30H2,1H3,(H,31,32)/b12-10+. The van der Waals surface area contributed by atoms with Gasteiger partial charge in [0.15, 0.2) is 5.78 Å². The number of nitrogens with zero attached hydrogens (tertiary/aromatic N) is 1. The molecule has 4 aromatic rings. The van der Waals surface area contributed by atoms with Gasteiger partial charge in [-0.25, -0.2) is 4.98 Å². The third-order valence-corrected chi connectivity index (χ3v) is 5.04. The number of allylic oxidation sites excluding steroid dienone is 1. The average Bonchev–Trinajstić information content (AvgIpc) is 2.78. The lowest BCUT2D eigenvalue weighted by Gasteiger charge is -2.18. The Hall–Kier alpha value is -4.13. The van der Waals surface area contributed by atoms with Crippen LogP contribution in [0.1, 0.15) is 18.1 Å². The number of nitrogen functional groups attached to an aromatic ring is 1. The average molecular weight is 447 g/mol. The highest BCUT2D eigenvalue weighted by Crippen LogP contribution is 2.38. The second-order valence-electron chi connectivity index (χ2n) is 7.54.